The van der Waals surface area contributed by atoms with Crippen molar-refractivity contribution in [2.24, 2.45) is 0 Å². The summed E-state index contributed by atoms with van der Waals surface area (Å²) in [5.41, 5.74) is 1.19. The van der Waals surface area contributed by atoms with Crippen LogP contribution in [-0.2, 0) is 6.54 Å². The van der Waals surface area contributed by atoms with Crippen LogP contribution in [0.25, 0.3) is 0 Å². The number of halogens is 2. The molecule has 0 atom stereocenters. The first-order valence-corrected chi connectivity index (χ1v) is 6.64. The monoisotopic (exact) mass is 324 g/mol. The van der Waals surface area contributed by atoms with Crippen molar-refractivity contribution in [1.29, 1.82) is 0 Å². The van der Waals surface area contributed by atoms with Crippen LogP contribution in [0.2, 0.25) is 10.2 Å². The van der Waals surface area contributed by atoms with Gasteiger partial charge in [-0.05, 0) is 23.8 Å². The van der Waals surface area contributed by atoms with E-state index in [9.17, 15) is 9.59 Å². The van der Waals surface area contributed by atoms with E-state index in [0.29, 0.717) is 0 Å². The van der Waals surface area contributed by atoms with Crippen LogP contribution in [-0.4, -0.2) is 22.0 Å². The molecule has 1 aromatic heterocycles. The lowest BCUT2D eigenvalue weighted by Crippen LogP contribution is -2.23. The smallest absolute Gasteiger partial charge is 0.335 e. The van der Waals surface area contributed by atoms with Crippen LogP contribution in [0.1, 0.15) is 26.3 Å². The fraction of sp³-hybridized carbons (Fsp3) is 0.0714. The Hall–Kier alpha value is -2.11. The van der Waals surface area contributed by atoms with Crippen LogP contribution in [0.4, 0.5) is 0 Å². The van der Waals surface area contributed by atoms with Crippen molar-refractivity contribution in [3.8, 4) is 0 Å². The van der Waals surface area contributed by atoms with Gasteiger partial charge in [0.2, 0.25) is 0 Å². The summed E-state index contributed by atoms with van der Waals surface area (Å²) in [6, 6.07) is 7.59. The van der Waals surface area contributed by atoms with E-state index >= 15 is 0 Å². The highest BCUT2D eigenvalue weighted by molar-refractivity contribution is 6.35. The molecule has 5 nitrogen and oxygen atoms in total. The number of amides is 1. The summed E-state index contributed by atoms with van der Waals surface area (Å²) in [6.07, 6.45) is 1.31. The van der Waals surface area contributed by atoms with E-state index in [-0.39, 0.29) is 33.8 Å². The number of pyridine rings is 1. The number of aromatic carboxylic acids is 1. The number of nitrogens with one attached hydrogen (secondary N) is 1. The summed E-state index contributed by atoms with van der Waals surface area (Å²) >= 11 is 11.6. The molecule has 0 fully saturated rings. The number of carboxylic acids is 1. The molecular weight excluding hydrogens is 315 g/mol. The van der Waals surface area contributed by atoms with Crippen molar-refractivity contribution in [1.82, 2.24) is 10.3 Å². The highest BCUT2D eigenvalue weighted by Crippen LogP contribution is 2.18. The maximum absolute atomic E-state index is 12.0. The zero-order valence-electron chi connectivity index (χ0n) is 10.6. The lowest BCUT2D eigenvalue weighted by atomic mass is 10.1. The topological polar surface area (TPSA) is 79.3 Å². The first kappa shape index (κ1) is 15.3. The molecule has 0 spiro atoms. The zero-order chi connectivity index (χ0) is 15.4. The minimum atomic E-state index is -0.996. The van der Waals surface area contributed by atoms with Crippen LogP contribution < -0.4 is 5.32 Å². The number of benzene rings is 1. The molecule has 2 aromatic rings. The molecular formula is C14H10Cl2N2O3. The van der Waals surface area contributed by atoms with Crippen LogP contribution in [0.15, 0.2) is 36.5 Å². The van der Waals surface area contributed by atoms with E-state index in [0.717, 1.165) is 5.56 Å². The second-order valence-electron chi connectivity index (χ2n) is 4.17. The fourth-order valence-electron chi connectivity index (χ4n) is 1.63. The lowest BCUT2D eigenvalue weighted by Gasteiger charge is -2.07. The van der Waals surface area contributed by atoms with Gasteiger partial charge in [0.25, 0.3) is 5.91 Å². The molecule has 108 valence electrons. The largest absolute Gasteiger partial charge is 0.478 e. The Kier molecular flexibility index (Phi) is 4.77. The second-order valence-corrected chi connectivity index (χ2v) is 4.97. The highest BCUT2D eigenvalue weighted by Gasteiger charge is 2.11. The molecule has 0 saturated carbocycles. The molecule has 7 heteroatoms. The van der Waals surface area contributed by atoms with Crippen molar-refractivity contribution >= 4 is 35.1 Å². The van der Waals surface area contributed by atoms with Gasteiger partial charge in [-0.25, -0.2) is 9.78 Å². The Morgan fingerprint density at radius 2 is 1.86 bits per heavy atom. The number of carbonyl (C=O) groups excluding carboxylic acids is 1. The van der Waals surface area contributed by atoms with E-state index in [4.69, 9.17) is 28.3 Å². The van der Waals surface area contributed by atoms with Crippen molar-refractivity contribution in [3.05, 3.63) is 63.4 Å². The Balaban J connectivity index is 2.04. The molecule has 0 bridgehead atoms. The van der Waals surface area contributed by atoms with Gasteiger partial charge in [0.15, 0.2) is 0 Å². The van der Waals surface area contributed by atoms with E-state index < -0.39 is 5.97 Å². The highest BCUT2D eigenvalue weighted by atomic mass is 35.5. The lowest BCUT2D eigenvalue weighted by molar-refractivity contribution is 0.0696. The number of nitrogens with zero attached hydrogens (tertiary/aromatic N) is 1. The molecule has 0 aliphatic carbocycles. The molecule has 1 aromatic carbocycles. The molecule has 0 saturated heterocycles. The van der Waals surface area contributed by atoms with Crippen molar-refractivity contribution < 1.29 is 14.7 Å². The predicted octanol–water partition coefficient (Wildman–Crippen LogP) is 3.02. The minimum absolute atomic E-state index is 0.176. The van der Waals surface area contributed by atoms with Crippen LogP contribution >= 0.6 is 23.2 Å². The average Bonchev–Trinajstić information content (AvgIpc) is 2.47. The minimum Gasteiger partial charge on any atom is -0.478 e. The van der Waals surface area contributed by atoms with Crippen molar-refractivity contribution in [3.63, 3.8) is 0 Å². The summed E-state index contributed by atoms with van der Waals surface area (Å²) in [6.45, 7) is 0.245. The number of rotatable bonds is 4. The first-order chi connectivity index (χ1) is 9.97. The Morgan fingerprint density at radius 1 is 1.19 bits per heavy atom. The molecule has 0 aliphatic rings. The van der Waals surface area contributed by atoms with Gasteiger partial charge in [0.05, 0.1) is 16.1 Å². The Labute approximate surface area is 130 Å². The van der Waals surface area contributed by atoms with E-state index in [1.807, 2.05) is 0 Å². The van der Waals surface area contributed by atoms with Gasteiger partial charge < -0.3 is 10.4 Å². The third-order valence-corrected chi connectivity index (χ3v) is 3.23. The summed E-state index contributed by atoms with van der Waals surface area (Å²) in [5.74, 6) is -1.38. The van der Waals surface area contributed by atoms with Gasteiger partial charge in [-0.2, -0.15) is 0 Å². The molecule has 2 rings (SSSR count). The zero-order valence-corrected chi connectivity index (χ0v) is 12.1. The normalized spacial score (nSPS) is 10.2. The fourth-order valence-corrected chi connectivity index (χ4v) is 1.98. The SMILES string of the molecule is O=C(O)c1ccc(CNC(=O)c2cc(Cl)ncc2Cl)cc1. The third kappa shape index (κ3) is 3.93. The molecule has 0 aliphatic heterocycles. The summed E-state index contributed by atoms with van der Waals surface area (Å²) in [4.78, 5) is 26.5. The summed E-state index contributed by atoms with van der Waals surface area (Å²) in [7, 11) is 0. The van der Waals surface area contributed by atoms with Gasteiger partial charge in [0, 0.05) is 12.7 Å². The maximum Gasteiger partial charge on any atom is 0.335 e. The number of hydrogen-bond acceptors (Lipinski definition) is 3. The van der Waals surface area contributed by atoms with Gasteiger partial charge in [-0.3, -0.25) is 4.79 Å². The average molecular weight is 325 g/mol. The van der Waals surface area contributed by atoms with Crippen LogP contribution in [0.3, 0.4) is 0 Å². The predicted molar refractivity (Wildman–Crippen MR) is 78.8 cm³/mol. The number of hydrogen-bond donors (Lipinski definition) is 2. The van der Waals surface area contributed by atoms with Crippen LogP contribution in [0, 0.1) is 0 Å². The molecule has 2 N–H and O–H groups in total. The van der Waals surface area contributed by atoms with Crippen LogP contribution in [0.5, 0.6) is 0 Å². The maximum atomic E-state index is 12.0. The quantitative estimate of drug-likeness (QED) is 0.847. The summed E-state index contributed by atoms with van der Waals surface area (Å²) in [5, 5.41) is 11.9. The first-order valence-electron chi connectivity index (χ1n) is 5.89. The van der Waals surface area contributed by atoms with Gasteiger partial charge >= 0.3 is 5.97 Å². The van der Waals surface area contributed by atoms with E-state index in [1.165, 1.54) is 24.4 Å². The van der Waals surface area contributed by atoms with Gasteiger partial charge in [-0.1, -0.05) is 35.3 Å². The van der Waals surface area contributed by atoms with Crippen molar-refractivity contribution in [2.45, 2.75) is 6.54 Å². The van der Waals surface area contributed by atoms with Gasteiger partial charge in [-0.15, -0.1) is 0 Å². The second kappa shape index (κ2) is 6.56. The molecule has 1 heterocycles. The number of carbonyl (C=O) groups is 2. The Bertz CT molecular complexity index is 687. The summed E-state index contributed by atoms with van der Waals surface area (Å²) < 4.78 is 0. The molecule has 1 amide bonds. The third-order valence-electron chi connectivity index (χ3n) is 2.72. The standard InChI is InChI=1S/C14H10Cl2N2O3/c15-11-7-17-12(16)5-10(11)13(19)18-6-8-1-3-9(4-2-8)14(20)21/h1-5,7H,6H2,(H,18,19)(H,20,21). The van der Waals surface area contributed by atoms with Crippen molar-refractivity contribution in [2.75, 3.05) is 0 Å². The van der Waals surface area contributed by atoms with Gasteiger partial charge in [0.1, 0.15) is 5.15 Å². The molecule has 0 radical (unpaired) electrons. The number of carboxylic acid groups (broad SMARTS) is 1. The Morgan fingerprint density at radius 3 is 2.48 bits per heavy atom. The molecule has 0 unspecified atom stereocenters. The number of aromatic nitrogens is 1. The van der Waals surface area contributed by atoms with E-state index in [1.54, 1.807) is 12.1 Å². The van der Waals surface area contributed by atoms with E-state index in [2.05, 4.69) is 10.3 Å². The molecule has 21 heavy (non-hydrogen) atoms.